The molecule has 1 fully saturated rings. The monoisotopic (exact) mass is 268 g/mol. The van der Waals surface area contributed by atoms with Crippen LogP contribution in [0.2, 0.25) is 5.02 Å². The Morgan fingerprint density at radius 3 is 2.78 bits per heavy atom. The summed E-state index contributed by atoms with van der Waals surface area (Å²) >= 11 is 6.04. The smallest absolute Gasteiger partial charge is 0.164 e. The first-order valence-corrected chi connectivity index (χ1v) is 6.59. The van der Waals surface area contributed by atoms with Crippen molar-refractivity contribution in [2.75, 3.05) is 7.11 Å². The molecular formula is C14H17ClO3. The van der Waals surface area contributed by atoms with Gasteiger partial charge >= 0.3 is 0 Å². The number of carbonyl (C=O) groups is 1. The van der Waals surface area contributed by atoms with Gasteiger partial charge in [-0.2, -0.15) is 0 Å². The van der Waals surface area contributed by atoms with Gasteiger partial charge < -0.3 is 14.3 Å². The summed E-state index contributed by atoms with van der Waals surface area (Å²) in [7, 11) is 1.60. The zero-order valence-corrected chi connectivity index (χ0v) is 11.2. The van der Waals surface area contributed by atoms with Crippen LogP contribution in [0, 0.1) is 0 Å². The predicted molar refractivity (Wildman–Crippen MR) is 70.7 cm³/mol. The number of aryl methyl sites for hydroxylation is 1. The summed E-state index contributed by atoms with van der Waals surface area (Å²) in [5, 5.41) is 0.605. The van der Waals surface area contributed by atoms with Crippen molar-refractivity contribution in [3.05, 3.63) is 22.7 Å². The van der Waals surface area contributed by atoms with Gasteiger partial charge in [0.25, 0.3) is 0 Å². The minimum atomic E-state index is 0.273. The van der Waals surface area contributed by atoms with Gasteiger partial charge in [-0.1, -0.05) is 11.6 Å². The van der Waals surface area contributed by atoms with E-state index in [9.17, 15) is 4.79 Å². The summed E-state index contributed by atoms with van der Waals surface area (Å²) in [5.41, 5.74) is 0.943. The Labute approximate surface area is 112 Å². The van der Waals surface area contributed by atoms with Gasteiger partial charge in [0.05, 0.1) is 13.2 Å². The zero-order valence-electron chi connectivity index (χ0n) is 10.4. The van der Waals surface area contributed by atoms with E-state index in [1.807, 2.05) is 6.07 Å². The van der Waals surface area contributed by atoms with Crippen LogP contribution in [0.4, 0.5) is 0 Å². The van der Waals surface area contributed by atoms with Gasteiger partial charge in [-0.05, 0) is 37.3 Å². The van der Waals surface area contributed by atoms with E-state index in [1.165, 1.54) is 6.42 Å². The molecule has 0 spiro atoms. The third-order valence-corrected chi connectivity index (χ3v) is 3.40. The number of methoxy groups -OCH3 is 1. The van der Waals surface area contributed by atoms with Crippen LogP contribution in [0.5, 0.6) is 11.5 Å². The van der Waals surface area contributed by atoms with Gasteiger partial charge in [0.1, 0.15) is 6.29 Å². The summed E-state index contributed by atoms with van der Waals surface area (Å²) < 4.78 is 11.3. The normalized spacial score (nSPS) is 15.0. The number of ether oxygens (including phenoxy) is 2. The van der Waals surface area contributed by atoms with Crippen molar-refractivity contribution in [2.45, 2.75) is 38.2 Å². The van der Waals surface area contributed by atoms with Crippen molar-refractivity contribution in [2.24, 2.45) is 0 Å². The Bertz CT molecular complexity index is 427. The summed E-state index contributed by atoms with van der Waals surface area (Å²) in [6.45, 7) is 0. The van der Waals surface area contributed by atoms with Gasteiger partial charge in [-0.25, -0.2) is 0 Å². The molecule has 0 atom stereocenters. The Morgan fingerprint density at radius 2 is 2.22 bits per heavy atom. The number of hydrogen-bond acceptors (Lipinski definition) is 3. The molecule has 1 aliphatic carbocycles. The second kappa shape index (κ2) is 6.10. The van der Waals surface area contributed by atoms with E-state index in [-0.39, 0.29) is 6.10 Å². The summed E-state index contributed by atoms with van der Waals surface area (Å²) in [4.78, 5) is 10.5. The maximum atomic E-state index is 10.5. The van der Waals surface area contributed by atoms with Crippen LogP contribution in [0.15, 0.2) is 12.1 Å². The average Bonchev–Trinajstić information content (AvgIpc) is 2.31. The first-order valence-electron chi connectivity index (χ1n) is 6.21. The van der Waals surface area contributed by atoms with Crippen LogP contribution in [-0.4, -0.2) is 19.5 Å². The largest absolute Gasteiger partial charge is 0.493 e. The third kappa shape index (κ3) is 2.96. The molecule has 98 valence electrons. The van der Waals surface area contributed by atoms with Crippen LogP contribution < -0.4 is 9.47 Å². The van der Waals surface area contributed by atoms with Gasteiger partial charge in [0, 0.05) is 17.5 Å². The molecule has 2 rings (SSSR count). The molecule has 1 aliphatic rings. The highest BCUT2D eigenvalue weighted by atomic mass is 35.5. The molecule has 18 heavy (non-hydrogen) atoms. The lowest BCUT2D eigenvalue weighted by atomic mass is 9.96. The molecule has 0 aromatic heterocycles. The van der Waals surface area contributed by atoms with Crippen LogP contribution in [0.3, 0.4) is 0 Å². The minimum absolute atomic E-state index is 0.273. The van der Waals surface area contributed by atoms with Crippen molar-refractivity contribution in [1.29, 1.82) is 0 Å². The Balaban J connectivity index is 2.27. The maximum Gasteiger partial charge on any atom is 0.164 e. The average molecular weight is 269 g/mol. The molecule has 0 aliphatic heterocycles. The van der Waals surface area contributed by atoms with E-state index in [1.54, 1.807) is 13.2 Å². The molecular weight excluding hydrogens is 252 g/mol. The quantitative estimate of drug-likeness (QED) is 0.742. The van der Waals surface area contributed by atoms with Crippen LogP contribution >= 0.6 is 11.6 Å². The lowest BCUT2D eigenvalue weighted by Crippen LogP contribution is -2.25. The van der Waals surface area contributed by atoms with Gasteiger partial charge in [-0.3, -0.25) is 0 Å². The van der Waals surface area contributed by atoms with Gasteiger partial charge in [0.15, 0.2) is 11.5 Å². The topological polar surface area (TPSA) is 35.5 Å². The molecule has 0 N–H and O–H groups in total. The molecule has 1 aromatic carbocycles. The first-order chi connectivity index (χ1) is 8.74. The molecule has 0 radical (unpaired) electrons. The van der Waals surface area contributed by atoms with Gasteiger partial charge in [-0.15, -0.1) is 0 Å². The van der Waals surface area contributed by atoms with Crippen molar-refractivity contribution in [1.82, 2.24) is 0 Å². The first kappa shape index (κ1) is 13.2. The fourth-order valence-electron chi connectivity index (χ4n) is 1.96. The van der Waals surface area contributed by atoms with Crippen LogP contribution in [0.25, 0.3) is 0 Å². The number of rotatable bonds is 6. The number of hydrogen-bond donors (Lipinski definition) is 0. The van der Waals surface area contributed by atoms with Crippen molar-refractivity contribution in [3.63, 3.8) is 0 Å². The molecule has 3 nitrogen and oxygen atoms in total. The molecule has 0 heterocycles. The molecule has 0 bridgehead atoms. The number of benzene rings is 1. The molecule has 0 unspecified atom stereocenters. The number of halogens is 1. The second-order valence-corrected chi connectivity index (χ2v) is 4.91. The van der Waals surface area contributed by atoms with Crippen molar-refractivity contribution >= 4 is 17.9 Å². The summed E-state index contributed by atoms with van der Waals surface area (Å²) in [5.74, 6) is 1.39. The predicted octanol–water partition coefficient (Wildman–Crippen LogP) is 3.41. The highest BCUT2D eigenvalue weighted by Crippen LogP contribution is 2.38. The molecule has 0 saturated heterocycles. The standard InChI is InChI=1S/C14H17ClO3/c1-17-13-9-11(15)8-10(4-3-7-16)14(13)18-12-5-2-6-12/h7-9,12H,2-6H2,1H3. The third-order valence-electron chi connectivity index (χ3n) is 3.18. The van der Waals surface area contributed by atoms with Crippen LogP contribution in [-0.2, 0) is 11.2 Å². The Morgan fingerprint density at radius 1 is 1.44 bits per heavy atom. The molecule has 1 saturated carbocycles. The summed E-state index contributed by atoms with van der Waals surface area (Å²) in [6, 6.07) is 3.60. The number of carbonyl (C=O) groups excluding carboxylic acids is 1. The zero-order chi connectivity index (χ0) is 13.0. The lowest BCUT2D eigenvalue weighted by Gasteiger charge is -2.28. The van der Waals surface area contributed by atoms with Gasteiger partial charge in [0.2, 0.25) is 0 Å². The second-order valence-electron chi connectivity index (χ2n) is 4.47. The number of aldehydes is 1. The highest BCUT2D eigenvalue weighted by Gasteiger charge is 2.22. The van der Waals surface area contributed by atoms with E-state index in [4.69, 9.17) is 21.1 Å². The molecule has 4 heteroatoms. The van der Waals surface area contributed by atoms with E-state index in [2.05, 4.69) is 0 Å². The Kier molecular flexibility index (Phi) is 4.48. The fourth-order valence-corrected chi connectivity index (χ4v) is 2.19. The Hall–Kier alpha value is -1.22. The highest BCUT2D eigenvalue weighted by molar-refractivity contribution is 6.30. The van der Waals surface area contributed by atoms with Crippen LogP contribution in [0.1, 0.15) is 31.2 Å². The van der Waals surface area contributed by atoms with E-state index >= 15 is 0 Å². The van der Waals surface area contributed by atoms with Crippen molar-refractivity contribution in [3.8, 4) is 11.5 Å². The lowest BCUT2D eigenvalue weighted by molar-refractivity contribution is -0.107. The van der Waals surface area contributed by atoms with E-state index < -0.39 is 0 Å². The fraction of sp³-hybridized carbons (Fsp3) is 0.500. The molecule has 0 amide bonds. The SMILES string of the molecule is COc1cc(Cl)cc(CCC=O)c1OC1CCC1. The van der Waals surface area contributed by atoms with E-state index in [0.29, 0.717) is 23.6 Å². The minimum Gasteiger partial charge on any atom is -0.493 e. The summed E-state index contributed by atoms with van der Waals surface area (Å²) in [6.07, 6.45) is 5.64. The van der Waals surface area contributed by atoms with Crippen molar-refractivity contribution < 1.29 is 14.3 Å². The molecule has 1 aromatic rings. The maximum absolute atomic E-state index is 10.5. The van der Waals surface area contributed by atoms with E-state index in [0.717, 1.165) is 30.4 Å².